The van der Waals surface area contributed by atoms with Gasteiger partial charge in [-0.3, -0.25) is 18.4 Å². The van der Waals surface area contributed by atoms with Crippen LogP contribution in [0.25, 0.3) is 28.3 Å². The second-order valence-corrected chi connectivity index (χ2v) is 6.63. The molecule has 0 spiro atoms. The van der Waals surface area contributed by atoms with E-state index in [4.69, 9.17) is 0 Å². The van der Waals surface area contributed by atoms with Gasteiger partial charge in [-0.15, -0.1) is 0 Å². The first-order chi connectivity index (χ1) is 12.6. The number of nitrogens with one attached hydrogen (secondary N) is 1. The van der Waals surface area contributed by atoms with E-state index >= 15 is 0 Å². The standard InChI is InChI=1S/C17H22N8O/c1-4-6-25-16(26)13-15(24-7-5-18-17(24)25)21-14(20-13)12-10-19-23(11-12)9-8-22(2)3/h5,7,10-11H,4,6,8-9H2,1-3H3,(H,20,21). The van der Waals surface area contributed by atoms with Gasteiger partial charge in [-0.05, 0) is 20.5 Å². The van der Waals surface area contributed by atoms with Gasteiger partial charge in [0, 0.05) is 31.7 Å². The average molecular weight is 354 g/mol. The van der Waals surface area contributed by atoms with Crippen molar-refractivity contribution in [3.8, 4) is 11.4 Å². The Bertz CT molecular complexity index is 1110. The van der Waals surface area contributed by atoms with Crippen LogP contribution in [0.1, 0.15) is 13.3 Å². The Labute approximate surface area is 149 Å². The Kier molecular flexibility index (Phi) is 4.08. The molecule has 0 saturated carbocycles. The fourth-order valence-electron chi connectivity index (χ4n) is 3.05. The molecular weight excluding hydrogens is 332 g/mol. The lowest BCUT2D eigenvalue weighted by molar-refractivity contribution is 0.373. The molecule has 4 aromatic rings. The lowest BCUT2D eigenvalue weighted by Crippen LogP contribution is -2.23. The van der Waals surface area contributed by atoms with Crippen LogP contribution >= 0.6 is 0 Å². The van der Waals surface area contributed by atoms with Crippen molar-refractivity contribution in [3.63, 3.8) is 0 Å². The van der Waals surface area contributed by atoms with Crippen molar-refractivity contribution in [1.29, 1.82) is 0 Å². The van der Waals surface area contributed by atoms with Crippen molar-refractivity contribution in [3.05, 3.63) is 35.1 Å². The Morgan fingerprint density at radius 1 is 1.27 bits per heavy atom. The zero-order valence-electron chi connectivity index (χ0n) is 15.2. The molecule has 0 radical (unpaired) electrons. The molecule has 0 aromatic carbocycles. The third-order valence-electron chi connectivity index (χ3n) is 4.36. The first kappa shape index (κ1) is 16.5. The Morgan fingerprint density at radius 3 is 2.88 bits per heavy atom. The largest absolute Gasteiger partial charge is 0.332 e. The molecule has 0 atom stereocenters. The molecule has 9 heteroatoms. The van der Waals surface area contributed by atoms with Crippen LogP contribution in [0.4, 0.5) is 0 Å². The zero-order valence-corrected chi connectivity index (χ0v) is 15.2. The third-order valence-corrected chi connectivity index (χ3v) is 4.36. The maximum atomic E-state index is 12.9. The maximum Gasteiger partial charge on any atom is 0.280 e. The molecule has 0 aliphatic carbocycles. The van der Waals surface area contributed by atoms with Crippen LogP contribution in [-0.4, -0.2) is 59.2 Å². The molecule has 26 heavy (non-hydrogen) atoms. The van der Waals surface area contributed by atoms with Crippen LogP contribution < -0.4 is 5.56 Å². The highest BCUT2D eigenvalue weighted by molar-refractivity contribution is 5.77. The van der Waals surface area contributed by atoms with Gasteiger partial charge in [0.2, 0.25) is 5.78 Å². The summed E-state index contributed by atoms with van der Waals surface area (Å²) in [6.07, 6.45) is 8.08. The fourth-order valence-corrected chi connectivity index (χ4v) is 3.05. The van der Waals surface area contributed by atoms with Gasteiger partial charge in [-0.2, -0.15) is 5.10 Å². The fraction of sp³-hybridized carbons (Fsp3) is 0.412. The molecule has 0 aliphatic rings. The third kappa shape index (κ3) is 2.70. The zero-order chi connectivity index (χ0) is 18.3. The summed E-state index contributed by atoms with van der Waals surface area (Å²) in [4.78, 5) is 27.1. The van der Waals surface area contributed by atoms with Gasteiger partial charge in [0.1, 0.15) is 5.82 Å². The van der Waals surface area contributed by atoms with Crippen molar-refractivity contribution in [2.24, 2.45) is 0 Å². The number of aryl methyl sites for hydroxylation is 1. The molecule has 0 saturated heterocycles. The summed E-state index contributed by atoms with van der Waals surface area (Å²) in [6, 6.07) is 0. The van der Waals surface area contributed by atoms with E-state index < -0.39 is 0 Å². The summed E-state index contributed by atoms with van der Waals surface area (Å²) >= 11 is 0. The van der Waals surface area contributed by atoms with E-state index in [1.54, 1.807) is 17.0 Å². The molecule has 4 rings (SSSR count). The van der Waals surface area contributed by atoms with E-state index in [0.717, 1.165) is 25.1 Å². The molecule has 0 amide bonds. The summed E-state index contributed by atoms with van der Waals surface area (Å²) in [7, 11) is 4.06. The van der Waals surface area contributed by atoms with Gasteiger partial charge in [0.15, 0.2) is 11.2 Å². The van der Waals surface area contributed by atoms with Gasteiger partial charge in [-0.1, -0.05) is 6.92 Å². The van der Waals surface area contributed by atoms with E-state index in [1.807, 2.05) is 42.5 Å². The molecule has 4 heterocycles. The molecule has 4 aromatic heterocycles. The smallest absolute Gasteiger partial charge is 0.280 e. The van der Waals surface area contributed by atoms with Gasteiger partial charge < -0.3 is 9.88 Å². The van der Waals surface area contributed by atoms with Crippen molar-refractivity contribution in [2.45, 2.75) is 26.4 Å². The van der Waals surface area contributed by atoms with Crippen molar-refractivity contribution in [1.82, 2.24) is 38.6 Å². The number of H-pyrrole nitrogens is 1. The quantitative estimate of drug-likeness (QED) is 0.562. The van der Waals surface area contributed by atoms with Crippen molar-refractivity contribution < 1.29 is 0 Å². The number of rotatable bonds is 6. The van der Waals surface area contributed by atoms with Gasteiger partial charge in [0.05, 0.1) is 18.3 Å². The number of aromatic amines is 1. The molecule has 0 fully saturated rings. The van der Waals surface area contributed by atoms with E-state index in [1.165, 1.54) is 0 Å². The summed E-state index contributed by atoms with van der Waals surface area (Å²) in [5, 5.41) is 4.38. The molecule has 136 valence electrons. The second kappa shape index (κ2) is 6.41. The number of nitrogens with zero attached hydrogens (tertiary/aromatic N) is 7. The van der Waals surface area contributed by atoms with Crippen molar-refractivity contribution >= 4 is 16.9 Å². The summed E-state index contributed by atoms with van der Waals surface area (Å²) < 4.78 is 5.42. The second-order valence-electron chi connectivity index (χ2n) is 6.63. The van der Waals surface area contributed by atoms with E-state index in [9.17, 15) is 4.79 Å². The van der Waals surface area contributed by atoms with Crippen LogP contribution in [0.15, 0.2) is 29.6 Å². The van der Waals surface area contributed by atoms with Crippen LogP contribution in [0.5, 0.6) is 0 Å². The van der Waals surface area contributed by atoms with Gasteiger partial charge in [-0.25, -0.2) is 9.97 Å². The van der Waals surface area contributed by atoms with Crippen molar-refractivity contribution in [2.75, 3.05) is 20.6 Å². The lowest BCUT2D eigenvalue weighted by atomic mass is 10.3. The minimum Gasteiger partial charge on any atom is -0.332 e. The number of fused-ring (bicyclic) bond motifs is 3. The number of aromatic nitrogens is 7. The minimum absolute atomic E-state index is 0.0979. The summed E-state index contributed by atoms with van der Waals surface area (Å²) in [5.41, 5.74) is 1.83. The van der Waals surface area contributed by atoms with Crippen LogP contribution in [0, 0.1) is 0 Å². The Balaban J connectivity index is 1.81. The first-order valence-electron chi connectivity index (χ1n) is 8.71. The molecule has 1 N–H and O–H groups in total. The van der Waals surface area contributed by atoms with Crippen LogP contribution in [0.2, 0.25) is 0 Å². The normalized spacial score (nSPS) is 12.0. The molecule has 0 unspecified atom stereocenters. The summed E-state index contributed by atoms with van der Waals surface area (Å²) in [5.74, 6) is 1.25. The predicted molar refractivity (Wildman–Crippen MR) is 99.2 cm³/mol. The topological polar surface area (TPSA) is 89.0 Å². The number of likely N-dealkylation sites (N-methyl/N-ethyl adjacent to an activating group) is 1. The highest BCUT2D eigenvalue weighted by Crippen LogP contribution is 2.19. The number of hydrogen-bond donors (Lipinski definition) is 1. The highest BCUT2D eigenvalue weighted by atomic mass is 16.1. The average Bonchev–Trinajstić information content (AvgIpc) is 3.34. The molecular formula is C17H22N8O. The number of imidazole rings is 2. The van der Waals surface area contributed by atoms with Gasteiger partial charge in [0.25, 0.3) is 5.56 Å². The SMILES string of the molecule is CCCn1c(=O)c2[nH]c(-c3cnn(CCN(C)C)c3)nc2n2ccnc12. The molecule has 9 nitrogen and oxygen atoms in total. The summed E-state index contributed by atoms with van der Waals surface area (Å²) in [6.45, 7) is 4.35. The monoisotopic (exact) mass is 354 g/mol. The Morgan fingerprint density at radius 2 is 2.12 bits per heavy atom. The van der Waals surface area contributed by atoms with Crippen LogP contribution in [0.3, 0.4) is 0 Å². The molecule has 0 aliphatic heterocycles. The number of hydrogen-bond acceptors (Lipinski definition) is 5. The van der Waals surface area contributed by atoms with E-state index in [-0.39, 0.29) is 5.56 Å². The lowest BCUT2D eigenvalue weighted by Gasteiger charge is -2.08. The highest BCUT2D eigenvalue weighted by Gasteiger charge is 2.16. The Hall–Kier alpha value is -2.94. The first-order valence-corrected chi connectivity index (χ1v) is 8.71. The van der Waals surface area contributed by atoms with Crippen LogP contribution in [-0.2, 0) is 13.1 Å². The molecule has 0 bridgehead atoms. The van der Waals surface area contributed by atoms with E-state index in [2.05, 4.69) is 25.0 Å². The predicted octanol–water partition coefficient (Wildman–Crippen LogP) is 1.21. The van der Waals surface area contributed by atoms with E-state index in [0.29, 0.717) is 29.3 Å². The maximum absolute atomic E-state index is 12.9. The van der Waals surface area contributed by atoms with Gasteiger partial charge >= 0.3 is 0 Å². The minimum atomic E-state index is -0.0979.